The number of hydrogen-bond donors (Lipinski definition) is 1. The fourth-order valence-electron chi connectivity index (χ4n) is 6.91. The Labute approximate surface area is 263 Å². The first-order valence-corrected chi connectivity index (χ1v) is 16.0. The molecule has 3 aliphatic rings. The van der Waals surface area contributed by atoms with E-state index < -0.39 is 5.97 Å². The van der Waals surface area contributed by atoms with E-state index in [1.165, 1.54) is 18.2 Å². The molecule has 3 aromatic rings. The number of amides is 2. The number of carbonyl (C=O) groups excluding carboxylic acids is 1. The number of carboxylic acids is 1. The molecule has 2 amide bonds. The summed E-state index contributed by atoms with van der Waals surface area (Å²) in [5, 5.41) is 9.12. The van der Waals surface area contributed by atoms with E-state index >= 15 is 4.39 Å². The number of ether oxygens (including phenoxy) is 2. The lowest BCUT2D eigenvalue weighted by Crippen LogP contribution is -2.48. The maximum absolute atomic E-state index is 15.2. The standard InChI is InChI=1S/C35H41FN4O5/c1-3-31-25(7-11-33(37-31)45-28-8-5-24(6-9-28)34(41)42)21-38-16-12-27(13-17-38)40-32(29-20-23(2)4-10-30(29)36)22-39(35(40)43)26-14-18-44-19-15-26/h4-11,20,26-27,32H,3,12-19,21-22H2,1-2H3,(H,41,42). The average Bonchev–Trinajstić information content (AvgIpc) is 3.40. The second kappa shape index (κ2) is 13.5. The normalized spacial score (nSPS) is 20.2. The number of likely N-dealkylation sites (tertiary alicyclic amines) is 1. The van der Waals surface area contributed by atoms with Gasteiger partial charge in [0.2, 0.25) is 5.88 Å². The van der Waals surface area contributed by atoms with E-state index in [1.54, 1.807) is 18.2 Å². The molecule has 3 saturated heterocycles. The summed E-state index contributed by atoms with van der Waals surface area (Å²) in [7, 11) is 0. The zero-order chi connectivity index (χ0) is 31.5. The highest BCUT2D eigenvalue weighted by Crippen LogP contribution is 2.38. The lowest BCUT2D eigenvalue weighted by molar-refractivity contribution is 0.0493. The highest BCUT2D eigenvalue weighted by atomic mass is 19.1. The van der Waals surface area contributed by atoms with Crippen LogP contribution < -0.4 is 4.74 Å². The number of aryl methyl sites for hydroxylation is 2. The van der Waals surface area contributed by atoms with Crippen molar-refractivity contribution in [2.24, 2.45) is 0 Å². The summed E-state index contributed by atoms with van der Waals surface area (Å²) in [6.45, 7) is 8.24. The number of benzene rings is 2. The summed E-state index contributed by atoms with van der Waals surface area (Å²) in [6.07, 6.45) is 4.01. The Bertz CT molecular complexity index is 1520. The van der Waals surface area contributed by atoms with E-state index in [1.807, 2.05) is 34.9 Å². The minimum Gasteiger partial charge on any atom is -0.478 e. The predicted octanol–water partition coefficient (Wildman–Crippen LogP) is 6.20. The minimum atomic E-state index is -0.981. The van der Waals surface area contributed by atoms with Gasteiger partial charge in [-0.25, -0.2) is 19.0 Å². The van der Waals surface area contributed by atoms with Crippen molar-refractivity contribution in [2.75, 3.05) is 32.8 Å². The van der Waals surface area contributed by atoms with Crippen LogP contribution in [-0.2, 0) is 17.7 Å². The van der Waals surface area contributed by atoms with Gasteiger partial charge in [0, 0.05) is 68.8 Å². The van der Waals surface area contributed by atoms with Crippen molar-refractivity contribution >= 4 is 12.0 Å². The van der Waals surface area contributed by atoms with Gasteiger partial charge in [0.15, 0.2) is 0 Å². The molecule has 1 N–H and O–H groups in total. The Morgan fingerprint density at radius 2 is 1.76 bits per heavy atom. The zero-order valence-electron chi connectivity index (χ0n) is 26.0. The molecule has 0 bridgehead atoms. The predicted molar refractivity (Wildman–Crippen MR) is 167 cm³/mol. The van der Waals surface area contributed by atoms with Gasteiger partial charge >= 0.3 is 12.0 Å². The first-order chi connectivity index (χ1) is 21.8. The zero-order valence-corrected chi connectivity index (χ0v) is 26.0. The fourth-order valence-corrected chi connectivity index (χ4v) is 6.91. The number of nitrogens with zero attached hydrogens (tertiary/aromatic N) is 4. The molecule has 45 heavy (non-hydrogen) atoms. The second-order valence-electron chi connectivity index (χ2n) is 12.3. The number of aromatic carboxylic acids is 1. The molecule has 0 radical (unpaired) electrons. The Morgan fingerprint density at radius 3 is 2.44 bits per heavy atom. The molecule has 0 spiro atoms. The Kier molecular flexibility index (Phi) is 9.32. The lowest BCUT2D eigenvalue weighted by Gasteiger charge is -2.39. The molecule has 6 rings (SSSR count). The van der Waals surface area contributed by atoms with Crippen molar-refractivity contribution in [2.45, 2.75) is 70.6 Å². The van der Waals surface area contributed by atoms with E-state index in [0.29, 0.717) is 37.0 Å². The molecule has 2 aromatic carbocycles. The molecule has 4 heterocycles. The first kappa shape index (κ1) is 31.0. The van der Waals surface area contributed by atoms with Crippen molar-refractivity contribution in [1.82, 2.24) is 19.7 Å². The molecule has 1 atom stereocenters. The van der Waals surface area contributed by atoms with Crippen molar-refractivity contribution in [3.63, 3.8) is 0 Å². The van der Waals surface area contributed by atoms with Crippen LogP contribution in [0, 0.1) is 12.7 Å². The van der Waals surface area contributed by atoms with Crippen LogP contribution in [0.15, 0.2) is 54.6 Å². The number of carboxylic acid groups (broad SMARTS) is 1. The van der Waals surface area contributed by atoms with Crippen LogP contribution in [0.4, 0.5) is 9.18 Å². The monoisotopic (exact) mass is 616 g/mol. The molecule has 1 aromatic heterocycles. The molecule has 3 aliphatic heterocycles. The van der Waals surface area contributed by atoms with Crippen LogP contribution in [0.5, 0.6) is 11.6 Å². The van der Waals surface area contributed by atoms with E-state index in [2.05, 4.69) is 11.8 Å². The SMILES string of the molecule is CCc1nc(Oc2ccc(C(=O)O)cc2)ccc1CN1CCC(N2C(=O)N(C3CCOCC3)CC2c2cc(C)ccc2F)CC1. The van der Waals surface area contributed by atoms with Crippen molar-refractivity contribution in [1.29, 1.82) is 0 Å². The van der Waals surface area contributed by atoms with Gasteiger partial charge in [-0.15, -0.1) is 0 Å². The molecular weight excluding hydrogens is 575 g/mol. The maximum atomic E-state index is 15.2. The van der Waals surface area contributed by atoms with Crippen LogP contribution in [0.1, 0.15) is 71.4 Å². The molecule has 238 valence electrons. The summed E-state index contributed by atoms with van der Waals surface area (Å²) >= 11 is 0. The third-order valence-corrected chi connectivity index (χ3v) is 9.36. The van der Waals surface area contributed by atoms with Crippen molar-refractivity contribution in [3.8, 4) is 11.6 Å². The van der Waals surface area contributed by atoms with Gasteiger partial charge in [-0.1, -0.05) is 30.7 Å². The van der Waals surface area contributed by atoms with E-state index in [4.69, 9.17) is 19.6 Å². The summed E-state index contributed by atoms with van der Waals surface area (Å²) in [5.41, 5.74) is 3.89. The second-order valence-corrected chi connectivity index (χ2v) is 12.3. The quantitative estimate of drug-likeness (QED) is 0.306. The Hall–Kier alpha value is -4.02. The van der Waals surface area contributed by atoms with Gasteiger partial charge in [0.05, 0.1) is 11.6 Å². The van der Waals surface area contributed by atoms with Gasteiger partial charge in [0.25, 0.3) is 0 Å². The Morgan fingerprint density at radius 1 is 1.02 bits per heavy atom. The number of urea groups is 1. The molecule has 0 aliphatic carbocycles. The van der Waals surface area contributed by atoms with Crippen LogP contribution in [0.2, 0.25) is 0 Å². The van der Waals surface area contributed by atoms with Crippen LogP contribution in [0.3, 0.4) is 0 Å². The Balaban J connectivity index is 1.13. The van der Waals surface area contributed by atoms with Crippen LogP contribution >= 0.6 is 0 Å². The van der Waals surface area contributed by atoms with Gasteiger partial charge in [-0.2, -0.15) is 0 Å². The first-order valence-electron chi connectivity index (χ1n) is 16.0. The third kappa shape index (κ3) is 6.82. The number of pyridine rings is 1. The molecule has 9 nitrogen and oxygen atoms in total. The third-order valence-electron chi connectivity index (χ3n) is 9.36. The smallest absolute Gasteiger partial charge is 0.335 e. The summed E-state index contributed by atoms with van der Waals surface area (Å²) in [4.78, 5) is 36.2. The van der Waals surface area contributed by atoms with Crippen molar-refractivity contribution < 1.29 is 28.6 Å². The highest BCUT2D eigenvalue weighted by Gasteiger charge is 2.46. The number of halogens is 1. The number of rotatable bonds is 9. The minimum absolute atomic E-state index is 0.0249. The van der Waals surface area contributed by atoms with Gasteiger partial charge in [0.1, 0.15) is 11.6 Å². The molecule has 3 fully saturated rings. The van der Waals surface area contributed by atoms with Crippen molar-refractivity contribution in [3.05, 3.63) is 88.4 Å². The van der Waals surface area contributed by atoms with E-state index in [9.17, 15) is 9.59 Å². The number of carbonyl (C=O) groups is 2. The number of aromatic nitrogens is 1. The average molecular weight is 617 g/mol. The largest absolute Gasteiger partial charge is 0.478 e. The number of hydrogen-bond acceptors (Lipinski definition) is 6. The molecule has 0 saturated carbocycles. The van der Waals surface area contributed by atoms with E-state index in [-0.39, 0.29) is 35.5 Å². The van der Waals surface area contributed by atoms with E-state index in [0.717, 1.165) is 68.6 Å². The maximum Gasteiger partial charge on any atom is 0.335 e. The van der Waals surface area contributed by atoms with Crippen LogP contribution in [0.25, 0.3) is 0 Å². The molecular formula is C35H41FN4O5. The fraction of sp³-hybridized carbons (Fsp3) is 0.457. The number of piperidine rings is 1. The van der Waals surface area contributed by atoms with Gasteiger partial charge in [-0.3, -0.25) is 4.90 Å². The molecule has 10 heteroatoms. The molecule has 1 unspecified atom stereocenters. The lowest BCUT2D eigenvalue weighted by atomic mass is 9.97. The van der Waals surface area contributed by atoms with Crippen LogP contribution in [-0.4, -0.2) is 81.7 Å². The van der Waals surface area contributed by atoms with Gasteiger partial charge in [-0.05, 0) is 74.9 Å². The summed E-state index contributed by atoms with van der Waals surface area (Å²) in [5.74, 6) is -0.238. The highest BCUT2D eigenvalue weighted by molar-refractivity contribution is 5.87. The summed E-state index contributed by atoms with van der Waals surface area (Å²) in [6, 6.07) is 15.3. The topological polar surface area (TPSA) is 95.4 Å². The van der Waals surface area contributed by atoms with Gasteiger partial charge < -0.3 is 24.4 Å². The summed E-state index contributed by atoms with van der Waals surface area (Å²) < 4.78 is 26.7.